The third-order valence-electron chi connectivity index (χ3n) is 5.97. The van der Waals surface area contributed by atoms with Crippen LogP contribution in [0.2, 0.25) is 0 Å². The van der Waals surface area contributed by atoms with Crippen LogP contribution in [-0.4, -0.2) is 27.1 Å². The van der Waals surface area contributed by atoms with Gasteiger partial charge in [0.25, 0.3) is 0 Å². The molecule has 1 N–H and O–H groups in total. The highest BCUT2D eigenvalue weighted by atomic mass is 32.2. The van der Waals surface area contributed by atoms with Crippen LogP contribution in [0.4, 0.5) is 5.69 Å². The van der Waals surface area contributed by atoms with Crippen molar-refractivity contribution in [1.29, 1.82) is 0 Å². The average molecular weight is 437 g/mol. The maximum Gasteiger partial charge on any atom is 0.241 e. The van der Waals surface area contributed by atoms with Gasteiger partial charge in [0.05, 0.1) is 18.0 Å². The largest absolute Gasteiger partial charge is 0.348 e. The maximum atomic E-state index is 12.9. The van der Waals surface area contributed by atoms with E-state index < -0.39 is 10.0 Å². The number of fused-ring (bicyclic) bond motifs is 2. The van der Waals surface area contributed by atoms with E-state index >= 15 is 0 Å². The van der Waals surface area contributed by atoms with Crippen LogP contribution in [0.1, 0.15) is 42.5 Å². The van der Waals surface area contributed by atoms with E-state index in [1.165, 1.54) is 28.3 Å². The minimum atomic E-state index is -3.64. The van der Waals surface area contributed by atoms with Gasteiger partial charge in [0.1, 0.15) is 6.54 Å². The summed E-state index contributed by atoms with van der Waals surface area (Å²) in [6.45, 7) is 1.67. The highest BCUT2D eigenvalue weighted by Gasteiger charge is 2.23. The van der Waals surface area contributed by atoms with Crippen LogP contribution >= 0.6 is 0 Å². The summed E-state index contributed by atoms with van der Waals surface area (Å²) in [5.41, 5.74) is 4.31. The Kier molecular flexibility index (Phi) is 6.01. The first-order valence-electron chi connectivity index (χ1n) is 10.7. The molecule has 0 radical (unpaired) electrons. The Bertz CT molecular complexity index is 1220. The summed E-state index contributed by atoms with van der Waals surface area (Å²) in [4.78, 5) is 12.9. The number of nitrogens with zero attached hydrogens (tertiary/aromatic N) is 1. The molecule has 162 valence electrons. The van der Waals surface area contributed by atoms with E-state index in [-0.39, 0.29) is 18.5 Å². The summed E-state index contributed by atoms with van der Waals surface area (Å²) in [6.07, 6.45) is 5.76. The number of carbonyl (C=O) groups is 1. The molecule has 0 aliphatic heterocycles. The lowest BCUT2D eigenvalue weighted by Crippen LogP contribution is -2.41. The zero-order valence-electron chi connectivity index (χ0n) is 18.0. The maximum absolute atomic E-state index is 12.9. The number of rotatable bonds is 6. The second-order valence-electron chi connectivity index (χ2n) is 8.29. The molecule has 1 aliphatic carbocycles. The second-order valence-corrected chi connectivity index (χ2v) is 10.2. The van der Waals surface area contributed by atoms with E-state index in [9.17, 15) is 13.2 Å². The highest BCUT2D eigenvalue weighted by Crippen LogP contribution is 2.29. The van der Waals surface area contributed by atoms with Crippen molar-refractivity contribution in [2.75, 3.05) is 17.1 Å². The summed E-state index contributed by atoms with van der Waals surface area (Å²) in [6, 6.07) is 19.2. The molecule has 6 heteroatoms. The lowest BCUT2D eigenvalue weighted by Gasteiger charge is -2.25. The lowest BCUT2D eigenvalue weighted by atomic mass is 9.89. The molecule has 0 fully saturated rings. The number of carbonyl (C=O) groups excluding carboxylic acids is 1. The molecule has 3 aromatic rings. The quantitative estimate of drug-likeness (QED) is 0.624. The van der Waals surface area contributed by atoms with Gasteiger partial charge < -0.3 is 5.32 Å². The number of amides is 1. The smallest absolute Gasteiger partial charge is 0.241 e. The van der Waals surface area contributed by atoms with Gasteiger partial charge in [0, 0.05) is 5.39 Å². The molecule has 5 nitrogen and oxygen atoms in total. The molecule has 1 atom stereocenters. The normalized spacial score (nSPS) is 14.6. The molecule has 0 unspecified atom stereocenters. The van der Waals surface area contributed by atoms with Crippen LogP contribution in [0, 0.1) is 0 Å². The van der Waals surface area contributed by atoms with Gasteiger partial charge in [0.2, 0.25) is 15.9 Å². The Labute approximate surface area is 184 Å². The number of benzene rings is 3. The van der Waals surface area contributed by atoms with Gasteiger partial charge in [-0.2, -0.15) is 0 Å². The molecule has 0 aromatic heterocycles. The summed E-state index contributed by atoms with van der Waals surface area (Å²) in [5, 5.41) is 4.70. The molecule has 31 heavy (non-hydrogen) atoms. The van der Waals surface area contributed by atoms with Crippen molar-refractivity contribution >= 4 is 32.4 Å². The SMILES string of the molecule is C[C@H](NC(=O)CN(c1cccc2ccccc12)S(C)(=O)=O)c1ccc2c(c1)CCCC2. The van der Waals surface area contributed by atoms with Gasteiger partial charge in [-0.05, 0) is 60.7 Å². The Hall–Kier alpha value is -2.86. The average Bonchev–Trinajstić information content (AvgIpc) is 2.76. The Morgan fingerprint density at radius 2 is 1.71 bits per heavy atom. The van der Waals surface area contributed by atoms with Crippen molar-refractivity contribution < 1.29 is 13.2 Å². The summed E-state index contributed by atoms with van der Waals surface area (Å²) < 4.78 is 26.3. The standard InChI is InChI=1S/C25H28N2O3S/c1-18(21-15-14-19-8-3-4-10-22(19)16-21)26-25(28)17-27(31(2,29)30)24-13-7-11-20-9-5-6-12-23(20)24/h5-7,9,11-16,18H,3-4,8,10,17H2,1-2H3,(H,26,28)/t18-/m0/s1. The van der Waals surface area contributed by atoms with Crippen LogP contribution in [0.25, 0.3) is 10.8 Å². The first-order chi connectivity index (χ1) is 14.8. The van der Waals surface area contributed by atoms with E-state index in [1.54, 1.807) is 6.07 Å². The molecule has 1 amide bonds. The first kappa shape index (κ1) is 21.4. The number of aryl methyl sites for hydroxylation is 2. The minimum absolute atomic E-state index is 0.200. The summed E-state index contributed by atoms with van der Waals surface area (Å²) >= 11 is 0. The topological polar surface area (TPSA) is 66.5 Å². The van der Waals surface area contributed by atoms with Gasteiger partial charge in [0.15, 0.2) is 0 Å². The van der Waals surface area contributed by atoms with E-state index in [0.717, 1.165) is 35.4 Å². The Morgan fingerprint density at radius 3 is 2.48 bits per heavy atom. The van der Waals surface area contributed by atoms with Crippen molar-refractivity contribution in [3.8, 4) is 0 Å². The fourth-order valence-corrected chi connectivity index (χ4v) is 5.20. The predicted octanol–water partition coefficient (Wildman–Crippen LogP) is 4.36. The zero-order chi connectivity index (χ0) is 22.0. The van der Waals surface area contributed by atoms with Crippen molar-refractivity contribution in [3.05, 3.63) is 77.4 Å². The summed E-state index contributed by atoms with van der Waals surface area (Å²) in [5.74, 6) is -0.330. The molecular formula is C25H28N2O3S. The third-order valence-corrected chi connectivity index (χ3v) is 7.10. The number of sulfonamides is 1. The predicted molar refractivity (Wildman–Crippen MR) is 126 cm³/mol. The molecule has 4 rings (SSSR count). The molecule has 0 bridgehead atoms. The Balaban J connectivity index is 1.55. The lowest BCUT2D eigenvalue weighted by molar-refractivity contribution is -0.120. The Morgan fingerprint density at radius 1 is 1.00 bits per heavy atom. The molecule has 0 saturated carbocycles. The van der Waals surface area contributed by atoms with Crippen LogP contribution in [0.3, 0.4) is 0 Å². The summed E-state index contributed by atoms with van der Waals surface area (Å²) in [7, 11) is -3.64. The molecule has 3 aromatic carbocycles. The van der Waals surface area contributed by atoms with Crippen LogP contribution in [0.5, 0.6) is 0 Å². The fourth-order valence-electron chi connectivity index (χ4n) is 4.33. The number of hydrogen-bond donors (Lipinski definition) is 1. The molecule has 0 saturated heterocycles. The van der Waals surface area contributed by atoms with Gasteiger partial charge in [-0.1, -0.05) is 54.6 Å². The number of anilines is 1. The van der Waals surface area contributed by atoms with Gasteiger partial charge in [-0.15, -0.1) is 0 Å². The zero-order valence-corrected chi connectivity index (χ0v) is 18.8. The van der Waals surface area contributed by atoms with E-state index in [1.807, 2.05) is 43.3 Å². The van der Waals surface area contributed by atoms with Crippen LogP contribution < -0.4 is 9.62 Å². The van der Waals surface area contributed by atoms with Gasteiger partial charge in [-0.25, -0.2) is 8.42 Å². The van der Waals surface area contributed by atoms with E-state index in [4.69, 9.17) is 0 Å². The highest BCUT2D eigenvalue weighted by molar-refractivity contribution is 7.92. The van der Waals surface area contributed by atoms with Gasteiger partial charge >= 0.3 is 0 Å². The monoisotopic (exact) mass is 436 g/mol. The van der Waals surface area contributed by atoms with Crippen LogP contribution in [0.15, 0.2) is 60.7 Å². The minimum Gasteiger partial charge on any atom is -0.348 e. The van der Waals surface area contributed by atoms with E-state index in [0.29, 0.717) is 5.69 Å². The van der Waals surface area contributed by atoms with Crippen molar-refractivity contribution in [2.24, 2.45) is 0 Å². The first-order valence-corrected chi connectivity index (χ1v) is 12.5. The molecule has 1 aliphatic rings. The van der Waals surface area contributed by atoms with Crippen molar-refractivity contribution in [3.63, 3.8) is 0 Å². The fraction of sp³-hybridized carbons (Fsp3) is 0.320. The molecular weight excluding hydrogens is 408 g/mol. The second kappa shape index (κ2) is 8.71. The van der Waals surface area contributed by atoms with Crippen molar-refractivity contribution in [1.82, 2.24) is 5.32 Å². The third kappa shape index (κ3) is 4.74. The molecule has 0 spiro atoms. The van der Waals surface area contributed by atoms with Crippen molar-refractivity contribution in [2.45, 2.75) is 38.6 Å². The number of nitrogens with one attached hydrogen (secondary N) is 1. The van der Waals surface area contributed by atoms with Crippen LogP contribution in [-0.2, 0) is 27.7 Å². The number of hydrogen-bond acceptors (Lipinski definition) is 3. The molecule has 0 heterocycles. The van der Waals surface area contributed by atoms with Gasteiger partial charge in [-0.3, -0.25) is 9.10 Å². The van der Waals surface area contributed by atoms with E-state index in [2.05, 4.69) is 23.5 Å².